The summed E-state index contributed by atoms with van der Waals surface area (Å²) in [5.41, 5.74) is 0. The SMILES string of the molecule is CN(CC1CCCCO1)C(=O)[C@H]1C2C=CC(C2)[C@H]1C(=O)O. The maximum atomic E-state index is 12.7. The summed E-state index contributed by atoms with van der Waals surface area (Å²) >= 11 is 0. The maximum Gasteiger partial charge on any atom is 0.307 e. The van der Waals surface area contributed by atoms with E-state index in [9.17, 15) is 14.7 Å². The van der Waals surface area contributed by atoms with Gasteiger partial charge in [0.2, 0.25) is 5.91 Å². The van der Waals surface area contributed by atoms with E-state index in [0.29, 0.717) is 6.54 Å². The average Bonchev–Trinajstić information content (AvgIpc) is 3.08. The Hall–Kier alpha value is -1.36. The highest BCUT2D eigenvalue weighted by atomic mass is 16.5. The Bertz CT molecular complexity index is 455. The molecule has 5 nitrogen and oxygen atoms in total. The molecule has 21 heavy (non-hydrogen) atoms. The molecule has 0 aromatic rings. The van der Waals surface area contributed by atoms with Crippen molar-refractivity contribution in [2.45, 2.75) is 31.8 Å². The third-order valence-corrected chi connectivity index (χ3v) is 5.16. The van der Waals surface area contributed by atoms with Gasteiger partial charge >= 0.3 is 5.97 Å². The smallest absolute Gasteiger partial charge is 0.307 e. The molecule has 1 aliphatic heterocycles. The van der Waals surface area contributed by atoms with Gasteiger partial charge in [0, 0.05) is 20.2 Å². The Morgan fingerprint density at radius 2 is 1.95 bits per heavy atom. The van der Waals surface area contributed by atoms with Crippen LogP contribution in [0.25, 0.3) is 0 Å². The third-order valence-electron chi connectivity index (χ3n) is 5.16. The number of carboxylic acid groups (broad SMARTS) is 1. The first kappa shape index (κ1) is 14.6. The van der Waals surface area contributed by atoms with Crippen molar-refractivity contribution in [3.05, 3.63) is 12.2 Å². The van der Waals surface area contributed by atoms with Gasteiger partial charge in [-0.1, -0.05) is 12.2 Å². The highest BCUT2D eigenvalue weighted by Gasteiger charge is 2.52. The van der Waals surface area contributed by atoms with Gasteiger partial charge < -0.3 is 14.7 Å². The van der Waals surface area contributed by atoms with Crippen LogP contribution in [0.15, 0.2) is 12.2 Å². The van der Waals surface area contributed by atoms with Crippen LogP contribution in [-0.4, -0.2) is 48.2 Å². The molecule has 3 rings (SSSR count). The van der Waals surface area contributed by atoms with Crippen molar-refractivity contribution >= 4 is 11.9 Å². The lowest BCUT2D eigenvalue weighted by Crippen LogP contribution is -2.44. The van der Waals surface area contributed by atoms with E-state index in [0.717, 1.165) is 32.3 Å². The van der Waals surface area contributed by atoms with Crippen molar-refractivity contribution in [1.29, 1.82) is 0 Å². The van der Waals surface area contributed by atoms with E-state index in [1.807, 2.05) is 12.2 Å². The summed E-state index contributed by atoms with van der Waals surface area (Å²) < 4.78 is 5.67. The number of carbonyl (C=O) groups is 2. The molecule has 3 unspecified atom stereocenters. The maximum absolute atomic E-state index is 12.7. The van der Waals surface area contributed by atoms with Gasteiger partial charge in [-0.15, -0.1) is 0 Å². The predicted molar refractivity (Wildman–Crippen MR) is 76.6 cm³/mol. The van der Waals surface area contributed by atoms with Crippen molar-refractivity contribution in [2.24, 2.45) is 23.7 Å². The number of fused-ring (bicyclic) bond motifs is 2. The standard InChI is InChI=1S/C16H23NO4/c1-17(9-12-4-2-3-7-21-12)15(18)13-10-5-6-11(8-10)14(13)16(19)20/h5-6,10-14H,2-4,7-9H2,1H3,(H,19,20)/t10?,11?,12?,13-,14+/m0/s1. The fourth-order valence-corrected chi connectivity index (χ4v) is 4.10. The number of amides is 1. The molecule has 1 N–H and O–H groups in total. The van der Waals surface area contributed by atoms with Crippen LogP contribution in [0.3, 0.4) is 0 Å². The number of hydrogen-bond acceptors (Lipinski definition) is 3. The largest absolute Gasteiger partial charge is 0.481 e. The molecule has 0 aromatic heterocycles. The van der Waals surface area contributed by atoms with Gasteiger partial charge in [0.1, 0.15) is 0 Å². The third kappa shape index (κ3) is 2.71. The lowest BCUT2D eigenvalue weighted by Gasteiger charge is -2.32. The number of rotatable bonds is 4. The molecule has 3 aliphatic rings. The number of carbonyl (C=O) groups excluding carboxylic acids is 1. The quantitative estimate of drug-likeness (QED) is 0.798. The van der Waals surface area contributed by atoms with Crippen LogP contribution in [0.1, 0.15) is 25.7 Å². The van der Waals surface area contributed by atoms with Gasteiger partial charge in [-0.05, 0) is 37.5 Å². The Kier molecular flexibility index (Phi) is 4.02. The molecule has 5 atom stereocenters. The summed E-state index contributed by atoms with van der Waals surface area (Å²) in [6, 6.07) is 0. The van der Waals surface area contributed by atoms with Gasteiger partial charge in [-0.25, -0.2) is 0 Å². The van der Waals surface area contributed by atoms with Gasteiger partial charge in [0.25, 0.3) is 0 Å². The van der Waals surface area contributed by atoms with Crippen LogP contribution in [0.5, 0.6) is 0 Å². The molecule has 1 heterocycles. The number of ether oxygens (including phenoxy) is 1. The second-order valence-electron chi connectivity index (χ2n) is 6.55. The minimum absolute atomic E-state index is 0.0285. The van der Waals surface area contributed by atoms with Crippen LogP contribution >= 0.6 is 0 Å². The van der Waals surface area contributed by atoms with Gasteiger partial charge in [0.05, 0.1) is 17.9 Å². The normalized spacial score (nSPS) is 37.7. The highest BCUT2D eigenvalue weighted by Crippen LogP contribution is 2.48. The molecule has 1 saturated heterocycles. The van der Waals surface area contributed by atoms with E-state index >= 15 is 0 Å². The summed E-state index contributed by atoms with van der Waals surface area (Å²) in [6.45, 7) is 1.34. The Balaban J connectivity index is 1.66. The lowest BCUT2D eigenvalue weighted by molar-refractivity contribution is -0.151. The highest BCUT2D eigenvalue weighted by molar-refractivity contribution is 5.86. The first-order chi connectivity index (χ1) is 10.1. The summed E-state index contributed by atoms with van der Waals surface area (Å²) in [5.74, 6) is -1.70. The van der Waals surface area contributed by atoms with Gasteiger partial charge in [-0.3, -0.25) is 9.59 Å². The number of nitrogens with zero attached hydrogens (tertiary/aromatic N) is 1. The fraction of sp³-hybridized carbons (Fsp3) is 0.750. The van der Waals surface area contributed by atoms with E-state index in [4.69, 9.17) is 4.74 Å². The molecule has 1 saturated carbocycles. The first-order valence-electron chi connectivity index (χ1n) is 7.85. The number of likely N-dealkylation sites (N-methyl/N-ethyl adjacent to an activating group) is 1. The van der Waals surface area contributed by atoms with E-state index in [1.165, 1.54) is 0 Å². The molecular formula is C16H23NO4. The molecule has 1 amide bonds. The van der Waals surface area contributed by atoms with Crippen molar-refractivity contribution in [3.8, 4) is 0 Å². The predicted octanol–water partition coefficient (Wildman–Crippen LogP) is 1.54. The monoisotopic (exact) mass is 293 g/mol. The van der Waals surface area contributed by atoms with Crippen molar-refractivity contribution in [3.63, 3.8) is 0 Å². The topological polar surface area (TPSA) is 66.8 Å². The van der Waals surface area contributed by atoms with E-state index < -0.39 is 17.8 Å². The van der Waals surface area contributed by atoms with Crippen LogP contribution in [0, 0.1) is 23.7 Å². The summed E-state index contributed by atoms with van der Waals surface area (Å²) in [7, 11) is 1.77. The molecule has 2 bridgehead atoms. The first-order valence-corrected chi connectivity index (χ1v) is 7.85. The van der Waals surface area contributed by atoms with E-state index in [1.54, 1.807) is 11.9 Å². The molecule has 0 radical (unpaired) electrons. The minimum Gasteiger partial charge on any atom is -0.481 e. The van der Waals surface area contributed by atoms with Crippen molar-refractivity contribution < 1.29 is 19.4 Å². The summed E-state index contributed by atoms with van der Waals surface area (Å²) in [4.78, 5) is 25.9. The zero-order valence-electron chi connectivity index (χ0n) is 12.4. The molecule has 2 fully saturated rings. The summed E-state index contributed by atoms with van der Waals surface area (Å²) in [5, 5.41) is 9.43. The van der Waals surface area contributed by atoms with Crippen LogP contribution < -0.4 is 0 Å². The Labute approximate surface area is 124 Å². The number of hydrogen-bond donors (Lipinski definition) is 1. The van der Waals surface area contributed by atoms with Gasteiger partial charge in [0.15, 0.2) is 0 Å². The average molecular weight is 293 g/mol. The Morgan fingerprint density at radius 3 is 2.57 bits per heavy atom. The zero-order valence-corrected chi connectivity index (χ0v) is 12.4. The number of carboxylic acids is 1. The van der Waals surface area contributed by atoms with Crippen LogP contribution in [0.2, 0.25) is 0 Å². The second-order valence-corrected chi connectivity index (χ2v) is 6.55. The molecule has 0 aromatic carbocycles. The molecule has 5 heteroatoms. The molecule has 2 aliphatic carbocycles. The van der Waals surface area contributed by atoms with Gasteiger partial charge in [-0.2, -0.15) is 0 Å². The minimum atomic E-state index is -0.840. The van der Waals surface area contributed by atoms with Crippen LogP contribution in [0.4, 0.5) is 0 Å². The zero-order chi connectivity index (χ0) is 15.0. The summed E-state index contributed by atoms with van der Waals surface area (Å²) in [6.07, 6.45) is 8.12. The van der Waals surface area contributed by atoms with E-state index in [2.05, 4.69) is 0 Å². The Morgan fingerprint density at radius 1 is 1.24 bits per heavy atom. The lowest BCUT2D eigenvalue weighted by atomic mass is 9.82. The fourth-order valence-electron chi connectivity index (χ4n) is 4.10. The molecule has 116 valence electrons. The number of aliphatic carboxylic acids is 1. The second kappa shape index (κ2) is 5.79. The van der Waals surface area contributed by atoms with E-state index in [-0.39, 0.29) is 23.8 Å². The molecule has 0 spiro atoms. The van der Waals surface area contributed by atoms with Crippen molar-refractivity contribution in [1.82, 2.24) is 4.90 Å². The number of allylic oxidation sites excluding steroid dienone is 2. The molecular weight excluding hydrogens is 270 g/mol. The van der Waals surface area contributed by atoms with Crippen LogP contribution in [-0.2, 0) is 14.3 Å². The van der Waals surface area contributed by atoms with Crippen molar-refractivity contribution in [2.75, 3.05) is 20.2 Å².